The molecule has 36 heavy (non-hydrogen) atoms. The first-order chi connectivity index (χ1) is 16.4. The van der Waals surface area contributed by atoms with Crippen molar-refractivity contribution in [2.24, 2.45) is 0 Å². The smallest absolute Gasteiger partial charge is 0.305 e. The normalized spacial score (nSPS) is 12.6. The fourth-order valence-corrected chi connectivity index (χ4v) is 2.21. The van der Waals surface area contributed by atoms with Crippen LogP contribution in [0.25, 0.3) is 0 Å². The maximum Gasteiger partial charge on any atom is 0.393 e. The minimum Gasteiger partial charge on any atom is -0.305 e. The number of rotatable bonds is 9. The van der Waals surface area contributed by atoms with Crippen LogP contribution in [0.5, 0.6) is 0 Å². The SMILES string of the molecule is O=C(Nc1ccc([N+](=O)[O-])cn1)C(F)(F)C(F)(F)C(F)(F)C(F)(F)C(=O)Nc1ccc([N+](=O)[O-])cn1. The third kappa shape index (κ3) is 4.81. The molecule has 0 aromatic carbocycles. The second-order valence-corrected chi connectivity index (χ2v) is 6.52. The molecule has 194 valence electrons. The first-order valence-electron chi connectivity index (χ1n) is 8.71. The van der Waals surface area contributed by atoms with Crippen LogP contribution >= 0.6 is 0 Å². The number of anilines is 2. The van der Waals surface area contributed by atoms with Crippen LogP contribution in [0.3, 0.4) is 0 Å². The molecule has 2 aromatic heterocycles. The number of amides is 2. The van der Waals surface area contributed by atoms with Gasteiger partial charge in [0, 0.05) is 12.1 Å². The number of carbonyl (C=O) groups is 2. The van der Waals surface area contributed by atoms with Gasteiger partial charge in [-0.2, -0.15) is 35.1 Å². The first kappa shape index (κ1) is 27.7. The highest BCUT2D eigenvalue weighted by molar-refractivity contribution is 5.98. The fourth-order valence-electron chi connectivity index (χ4n) is 2.21. The van der Waals surface area contributed by atoms with Gasteiger partial charge in [-0.15, -0.1) is 0 Å². The summed E-state index contributed by atoms with van der Waals surface area (Å²) in [4.78, 5) is 48.1. The average molecular weight is 532 g/mol. The number of alkyl halides is 8. The van der Waals surface area contributed by atoms with Gasteiger partial charge < -0.3 is 10.6 Å². The van der Waals surface area contributed by atoms with Gasteiger partial charge in [-0.1, -0.05) is 0 Å². The zero-order valence-electron chi connectivity index (χ0n) is 16.7. The predicted octanol–water partition coefficient (Wildman–Crippen LogP) is 3.41. The summed E-state index contributed by atoms with van der Waals surface area (Å²) < 4.78 is 112. The maximum absolute atomic E-state index is 14.0. The van der Waals surface area contributed by atoms with Gasteiger partial charge in [0.25, 0.3) is 11.4 Å². The van der Waals surface area contributed by atoms with Gasteiger partial charge in [-0.05, 0) is 12.1 Å². The van der Waals surface area contributed by atoms with Crippen LogP contribution in [0.4, 0.5) is 58.1 Å². The first-order valence-corrected chi connectivity index (χ1v) is 8.71. The molecule has 2 N–H and O–H groups in total. The van der Waals surface area contributed by atoms with Gasteiger partial charge in [0.05, 0.1) is 9.85 Å². The van der Waals surface area contributed by atoms with Crippen LogP contribution in [0, 0.1) is 20.2 Å². The molecule has 2 amide bonds. The number of carbonyl (C=O) groups excluding carboxylic acids is 2. The van der Waals surface area contributed by atoms with E-state index in [9.17, 15) is 64.9 Å². The Hall–Kier alpha value is -4.52. The van der Waals surface area contributed by atoms with E-state index in [-0.39, 0.29) is 0 Å². The highest BCUT2D eigenvalue weighted by Gasteiger charge is 2.84. The number of nitrogens with one attached hydrogen (secondary N) is 2. The fraction of sp³-hybridized carbons (Fsp3) is 0.250. The zero-order valence-corrected chi connectivity index (χ0v) is 16.7. The summed E-state index contributed by atoms with van der Waals surface area (Å²) in [5.74, 6) is -36.2. The van der Waals surface area contributed by atoms with Crippen molar-refractivity contribution in [3.05, 3.63) is 56.9 Å². The number of halogens is 8. The summed E-state index contributed by atoms with van der Waals surface area (Å²) in [6.45, 7) is 0. The van der Waals surface area contributed by atoms with Gasteiger partial charge in [-0.3, -0.25) is 29.8 Å². The molecular formula is C16H8F8N6O6. The number of hydrogen-bond acceptors (Lipinski definition) is 8. The minimum atomic E-state index is -7.20. The summed E-state index contributed by atoms with van der Waals surface area (Å²) in [6, 6.07) is 2.00. The van der Waals surface area contributed by atoms with Crippen molar-refractivity contribution in [1.29, 1.82) is 0 Å². The van der Waals surface area contributed by atoms with Crippen molar-refractivity contribution in [1.82, 2.24) is 9.97 Å². The number of nitro groups is 2. The van der Waals surface area contributed by atoms with Crippen LogP contribution < -0.4 is 10.6 Å². The summed E-state index contributed by atoms with van der Waals surface area (Å²) in [6.07, 6.45) is 0.733. The van der Waals surface area contributed by atoms with E-state index in [2.05, 4.69) is 9.97 Å². The summed E-state index contributed by atoms with van der Waals surface area (Å²) in [5.41, 5.74) is -1.49. The lowest BCUT2D eigenvalue weighted by Crippen LogP contribution is -2.67. The monoisotopic (exact) mass is 532 g/mol. The zero-order chi connectivity index (χ0) is 27.7. The molecule has 20 heteroatoms. The van der Waals surface area contributed by atoms with E-state index < -0.39 is 68.4 Å². The molecule has 0 unspecified atom stereocenters. The lowest BCUT2D eigenvalue weighted by molar-refractivity contribution is -0.385. The van der Waals surface area contributed by atoms with Crippen LogP contribution in [0.2, 0.25) is 0 Å². The largest absolute Gasteiger partial charge is 0.393 e. The Balaban J connectivity index is 2.28. The highest BCUT2D eigenvalue weighted by Crippen LogP contribution is 2.53. The van der Waals surface area contributed by atoms with Crippen molar-refractivity contribution in [3.8, 4) is 0 Å². The Morgan fingerprint density at radius 3 is 1.19 bits per heavy atom. The average Bonchev–Trinajstić information content (AvgIpc) is 2.79. The Morgan fingerprint density at radius 2 is 0.972 bits per heavy atom. The van der Waals surface area contributed by atoms with Gasteiger partial charge in [0.2, 0.25) is 0 Å². The summed E-state index contributed by atoms with van der Waals surface area (Å²) >= 11 is 0. The Labute approximate surface area is 191 Å². The van der Waals surface area contributed by atoms with Crippen molar-refractivity contribution >= 4 is 34.8 Å². The molecule has 0 spiro atoms. The molecule has 0 atom stereocenters. The Morgan fingerprint density at radius 1 is 0.667 bits per heavy atom. The Bertz CT molecular complexity index is 1100. The molecule has 2 aromatic rings. The molecule has 0 aliphatic heterocycles. The van der Waals surface area contributed by atoms with E-state index in [1.165, 1.54) is 0 Å². The summed E-state index contributed by atoms with van der Waals surface area (Å²) in [7, 11) is 0. The van der Waals surface area contributed by atoms with E-state index in [1.807, 2.05) is 0 Å². The van der Waals surface area contributed by atoms with Crippen LogP contribution in [0.15, 0.2) is 36.7 Å². The maximum atomic E-state index is 14.0. The van der Waals surface area contributed by atoms with Gasteiger partial charge in [-0.25, -0.2) is 9.97 Å². The lowest BCUT2D eigenvalue weighted by Gasteiger charge is -2.35. The molecule has 0 aliphatic carbocycles. The third-order valence-electron chi connectivity index (χ3n) is 4.15. The second kappa shape index (κ2) is 9.26. The molecule has 0 aliphatic rings. The topological polar surface area (TPSA) is 170 Å². The molecule has 12 nitrogen and oxygen atoms in total. The number of nitrogens with zero attached hydrogens (tertiary/aromatic N) is 4. The third-order valence-corrected chi connectivity index (χ3v) is 4.15. The Kier molecular flexibility index (Phi) is 7.13. The standard InChI is InChI=1S/C16H8F8N6O6/c17-13(18,11(31)27-9-3-1-7(5-25-9)29(33)34)15(21,22)16(23,24)14(19,20)12(32)28-10-4-2-8(6-26-10)30(35)36/h1-6H,(H,25,27,31)(H,26,28,32). The molecule has 0 saturated heterocycles. The van der Waals surface area contributed by atoms with Crippen molar-refractivity contribution in [2.45, 2.75) is 23.7 Å². The van der Waals surface area contributed by atoms with Crippen LogP contribution in [0.1, 0.15) is 0 Å². The molecule has 0 fully saturated rings. The summed E-state index contributed by atoms with van der Waals surface area (Å²) in [5, 5.41) is 22.8. The molecule has 2 rings (SSSR count). The van der Waals surface area contributed by atoms with E-state index in [1.54, 1.807) is 0 Å². The van der Waals surface area contributed by atoms with Gasteiger partial charge in [0.1, 0.15) is 24.0 Å². The molecule has 2 heterocycles. The van der Waals surface area contributed by atoms with Crippen LogP contribution in [-0.4, -0.2) is 55.3 Å². The number of pyridine rings is 2. The van der Waals surface area contributed by atoms with Crippen molar-refractivity contribution < 1.29 is 54.6 Å². The highest BCUT2D eigenvalue weighted by atomic mass is 19.4. The molecule has 0 bridgehead atoms. The quantitative estimate of drug-likeness (QED) is 0.281. The number of hydrogen-bond donors (Lipinski definition) is 2. The minimum absolute atomic E-state index is 0.366. The van der Waals surface area contributed by atoms with E-state index in [0.29, 0.717) is 36.7 Å². The predicted molar refractivity (Wildman–Crippen MR) is 98.8 cm³/mol. The van der Waals surface area contributed by atoms with Crippen LogP contribution in [-0.2, 0) is 9.59 Å². The van der Waals surface area contributed by atoms with Crippen molar-refractivity contribution in [3.63, 3.8) is 0 Å². The lowest BCUT2D eigenvalue weighted by atomic mass is 9.97. The van der Waals surface area contributed by atoms with Crippen molar-refractivity contribution in [2.75, 3.05) is 10.6 Å². The molecule has 0 radical (unpaired) electrons. The van der Waals surface area contributed by atoms with Gasteiger partial charge in [0.15, 0.2) is 0 Å². The van der Waals surface area contributed by atoms with E-state index in [4.69, 9.17) is 0 Å². The van der Waals surface area contributed by atoms with E-state index >= 15 is 0 Å². The second-order valence-electron chi connectivity index (χ2n) is 6.52. The van der Waals surface area contributed by atoms with E-state index in [0.717, 1.165) is 10.6 Å². The van der Waals surface area contributed by atoms with Gasteiger partial charge >= 0.3 is 35.5 Å². The number of aromatic nitrogens is 2. The molecular weight excluding hydrogens is 524 g/mol. The molecule has 0 saturated carbocycles.